The van der Waals surface area contributed by atoms with Crippen LogP contribution in [0.4, 0.5) is 0 Å². The van der Waals surface area contributed by atoms with Crippen molar-refractivity contribution in [3.05, 3.63) is 35.9 Å². The zero-order valence-electron chi connectivity index (χ0n) is 6.34. The van der Waals surface area contributed by atoms with E-state index in [9.17, 15) is 4.79 Å². The summed E-state index contributed by atoms with van der Waals surface area (Å²) in [7, 11) is 0. The molecule has 0 aromatic heterocycles. The summed E-state index contributed by atoms with van der Waals surface area (Å²) in [6.45, 7) is 0. The highest BCUT2D eigenvalue weighted by atomic mass is 35.6. The van der Waals surface area contributed by atoms with Crippen molar-refractivity contribution in [3.63, 3.8) is 0 Å². The van der Waals surface area contributed by atoms with Crippen molar-refractivity contribution in [1.29, 1.82) is 0 Å². The Hall–Kier alpha value is 0.0700. The lowest BCUT2D eigenvalue weighted by Gasteiger charge is -1.87. The number of carbonyl (C=O) groups is 1. The summed E-state index contributed by atoms with van der Waals surface area (Å²) in [6.07, 6.45) is 0. The Balaban J connectivity index is 0. The molecule has 0 saturated carbocycles. The summed E-state index contributed by atoms with van der Waals surface area (Å²) in [5, 5.41) is -0.407. The molecule has 0 saturated heterocycles. The maximum Gasteiger partial charge on any atom is 0.252 e. The highest BCUT2D eigenvalue weighted by molar-refractivity contribution is 7.59. The van der Waals surface area contributed by atoms with Gasteiger partial charge in [0.25, 0.3) is 5.24 Å². The molecular weight excluding hydrogens is 255 g/mol. The van der Waals surface area contributed by atoms with Crippen LogP contribution in [0.1, 0.15) is 10.4 Å². The number of carbonyl (C=O) groups excluding carboxylic acids is 1. The van der Waals surface area contributed by atoms with Crippen LogP contribution < -0.4 is 0 Å². The van der Waals surface area contributed by atoms with E-state index in [1.54, 1.807) is 24.3 Å². The monoisotopic (exact) mass is 260 g/mol. The minimum atomic E-state index is -0.407. The lowest BCUT2D eigenvalue weighted by molar-refractivity contribution is 0.108. The van der Waals surface area contributed by atoms with Crippen LogP contribution in [0.2, 0.25) is 0 Å². The van der Waals surface area contributed by atoms with Crippen molar-refractivity contribution >= 4 is 54.1 Å². The lowest BCUT2D eigenvalue weighted by Crippen LogP contribution is -1.84. The summed E-state index contributed by atoms with van der Waals surface area (Å²) in [5.74, 6) is 0. The molecule has 0 aliphatic carbocycles. The van der Waals surface area contributed by atoms with E-state index < -0.39 is 5.24 Å². The average molecular weight is 262 g/mol. The van der Waals surface area contributed by atoms with Crippen molar-refractivity contribution in [1.82, 2.24) is 0 Å². The predicted octanol–water partition coefficient (Wildman–Crippen LogP) is 3.49. The van der Waals surface area contributed by atoms with Gasteiger partial charge < -0.3 is 0 Å². The number of benzene rings is 1. The fourth-order valence-electron chi connectivity index (χ4n) is 0.569. The molecule has 0 amide bonds. The first-order chi connectivity index (χ1) is 5.72. The molecule has 0 heterocycles. The van der Waals surface area contributed by atoms with E-state index in [2.05, 4.69) is 27.6 Å². The van der Waals surface area contributed by atoms with Gasteiger partial charge >= 0.3 is 0 Å². The maximum atomic E-state index is 10.4. The predicted molar refractivity (Wildman–Crippen MR) is 59.8 cm³/mol. The topological polar surface area (TPSA) is 26.3 Å². The normalized spacial score (nSPS) is 7.62. The number of halogens is 3. The second-order valence-electron chi connectivity index (χ2n) is 1.70. The highest BCUT2D eigenvalue weighted by Crippen LogP contribution is 2.01. The molecule has 0 atom stereocenters. The van der Waals surface area contributed by atoms with Crippen molar-refractivity contribution in [3.8, 4) is 0 Å². The third kappa shape index (κ3) is 8.40. The zero-order valence-corrected chi connectivity index (χ0v) is 9.60. The Morgan fingerprint density at radius 3 is 1.77 bits per heavy atom. The molecule has 1 rings (SSSR count). The van der Waals surface area contributed by atoms with E-state index in [4.69, 9.17) is 11.6 Å². The van der Waals surface area contributed by atoms with E-state index in [-0.39, 0.29) is 13.5 Å². The van der Waals surface area contributed by atoms with Crippen LogP contribution in [0.3, 0.4) is 0 Å². The van der Waals surface area contributed by atoms with Gasteiger partial charge in [0.05, 0.1) is 23.7 Å². The molecule has 0 N–H and O–H groups in total. The smallest absolute Gasteiger partial charge is 0.252 e. The van der Waals surface area contributed by atoms with E-state index in [0.29, 0.717) is 5.56 Å². The first-order valence-corrected chi connectivity index (χ1v) is 3.86. The molecule has 0 fully saturated rings. The second kappa shape index (κ2) is 10.2. The molecule has 0 radical (unpaired) electrons. The Morgan fingerprint density at radius 2 is 1.54 bits per heavy atom. The van der Waals surface area contributed by atoms with Crippen LogP contribution >= 0.6 is 48.8 Å². The van der Waals surface area contributed by atoms with Crippen LogP contribution in [0.5, 0.6) is 0 Å². The van der Waals surface area contributed by atoms with Crippen molar-refractivity contribution in [2.24, 2.45) is 0 Å². The summed E-state index contributed by atoms with van der Waals surface area (Å²) in [4.78, 5) is 10.4. The molecule has 0 spiro atoms. The van der Waals surface area contributed by atoms with Crippen LogP contribution in [0.15, 0.2) is 30.3 Å². The van der Waals surface area contributed by atoms with Gasteiger partial charge in [-0.1, -0.05) is 30.3 Å². The van der Waals surface area contributed by atoms with Gasteiger partial charge in [-0.3, -0.25) is 4.79 Å². The molecule has 1 aromatic rings. The Bertz CT molecular complexity index is 230. The summed E-state index contributed by atoms with van der Waals surface area (Å²) >= 11 is 13.7. The molecular formula is C7H7Cl3O2S. The largest absolute Gasteiger partial charge is 0.276 e. The lowest BCUT2D eigenvalue weighted by atomic mass is 10.2. The summed E-state index contributed by atoms with van der Waals surface area (Å²) in [5.41, 5.74) is 0.541. The van der Waals surface area contributed by atoms with Gasteiger partial charge in [-0.15, -0.1) is 0 Å². The molecule has 13 heavy (non-hydrogen) atoms. The van der Waals surface area contributed by atoms with E-state index in [1.165, 1.54) is 0 Å². The molecule has 74 valence electrons. The van der Waals surface area contributed by atoms with Gasteiger partial charge in [0, 0.05) is 5.56 Å². The van der Waals surface area contributed by atoms with Gasteiger partial charge in [0.2, 0.25) is 0 Å². The van der Waals surface area contributed by atoms with Crippen LogP contribution in [0.25, 0.3) is 0 Å². The second-order valence-corrected chi connectivity index (χ2v) is 2.51. The summed E-state index contributed by atoms with van der Waals surface area (Å²) < 4.78 is 3.19. The molecule has 0 unspecified atom stereocenters. The van der Waals surface area contributed by atoms with Crippen LogP contribution in [-0.4, -0.2) is 5.24 Å². The van der Waals surface area contributed by atoms with E-state index in [0.717, 1.165) is 0 Å². The Morgan fingerprint density at radius 1 is 1.15 bits per heavy atom. The highest BCUT2D eigenvalue weighted by Gasteiger charge is 1.95. The van der Waals surface area contributed by atoms with Gasteiger partial charge in [0.1, 0.15) is 0 Å². The van der Waals surface area contributed by atoms with Gasteiger partial charge in [-0.2, -0.15) is 17.3 Å². The zero-order chi connectivity index (χ0) is 9.40. The molecule has 0 aliphatic rings. The van der Waals surface area contributed by atoms with Crippen molar-refractivity contribution < 1.29 is 8.64 Å². The fraction of sp³-hybridized carbons (Fsp3) is 0. The van der Waals surface area contributed by atoms with E-state index >= 15 is 0 Å². The third-order valence-electron chi connectivity index (χ3n) is 1.00. The third-order valence-corrected chi connectivity index (χ3v) is 1.22. The van der Waals surface area contributed by atoms with Crippen LogP contribution in [0, 0.1) is 0 Å². The maximum absolute atomic E-state index is 10.4. The molecule has 0 aliphatic heterocycles. The Labute approximate surface area is 98.5 Å². The van der Waals surface area contributed by atoms with Crippen molar-refractivity contribution in [2.45, 2.75) is 0 Å². The van der Waals surface area contributed by atoms with E-state index in [1.807, 2.05) is 6.07 Å². The average Bonchev–Trinajstić information content (AvgIpc) is 2.07. The van der Waals surface area contributed by atoms with Crippen LogP contribution in [-0.2, 0) is 3.84 Å². The quantitative estimate of drug-likeness (QED) is 0.723. The van der Waals surface area contributed by atoms with Gasteiger partial charge in [-0.05, 0) is 11.6 Å². The minimum absolute atomic E-state index is 0. The molecule has 6 heteroatoms. The number of hydrogen-bond acceptors (Lipinski definition) is 2. The Kier molecular flexibility index (Phi) is 12.1. The van der Waals surface area contributed by atoms with Crippen molar-refractivity contribution in [2.75, 3.05) is 0 Å². The standard InChI is InChI=1S/C7H5ClO.Cl2O.H2S/c8-7(9)6-4-2-1-3-5-6;1-3-2;/h1-5H;;1H2. The number of hydrogen-bond donors (Lipinski definition) is 0. The minimum Gasteiger partial charge on any atom is -0.276 e. The SMILES string of the molecule is ClOCl.O=C(Cl)c1ccccc1.S. The molecule has 0 bridgehead atoms. The molecule has 1 aromatic carbocycles. The van der Waals surface area contributed by atoms with Gasteiger partial charge in [-0.25, -0.2) is 0 Å². The molecule has 2 nitrogen and oxygen atoms in total. The van der Waals surface area contributed by atoms with Gasteiger partial charge in [0.15, 0.2) is 0 Å². The number of rotatable bonds is 1. The summed E-state index contributed by atoms with van der Waals surface area (Å²) in [6, 6.07) is 8.74. The first-order valence-electron chi connectivity index (χ1n) is 2.86. The first kappa shape index (κ1) is 15.5. The fourth-order valence-corrected chi connectivity index (χ4v) is 0.695.